The summed E-state index contributed by atoms with van der Waals surface area (Å²) >= 11 is 0. The van der Waals surface area contributed by atoms with Crippen LogP contribution in [0.25, 0.3) is 10.4 Å². The number of hydrogen-bond acceptors (Lipinski definition) is 4. The van der Waals surface area contributed by atoms with Gasteiger partial charge < -0.3 is 15.2 Å². The van der Waals surface area contributed by atoms with E-state index < -0.39 is 0 Å². The fourth-order valence-electron chi connectivity index (χ4n) is 3.96. The summed E-state index contributed by atoms with van der Waals surface area (Å²) in [5.74, 6) is -0.154. The molecule has 1 amide bonds. The zero-order valence-electron chi connectivity index (χ0n) is 15.8. The smallest absolute Gasteiger partial charge is 0.258 e. The number of methoxy groups -OCH3 is 1. The molecule has 2 aromatic carbocycles. The third-order valence-corrected chi connectivity index (χ3v) is 5.55. The molecule has 7 heteroatoms. The molecule has 0 unspecified atom stereocenters. The molecule has 0 bridgehead atoms. The van der Waals surface area contributed by atoms with Crippen LogP contribution in [0.2, 0.25) is 0 Å². The predicted molar refractivity (Wildman–Crippen MR) is 107 cm³/mol. The lowest BCUT2D eigenvalue weighted by Gasteiger charge is -2.40. The van der Waals surface area contributed by atoms with Crippen molar-refractivity contribution in [2.24, 2.45) is 5.11 Å². The Morgan fingerprint density at radius 1 is 1.25 bits per heavy atom. The van der Waals surface area contributed by atoms with Gasteiger partial charge in [-0.25, -0.2) is 0 Å². The highest BCUT2D eigenvalue weighted by Crippen LogP contribution is 2.40. The SMILES string of the molecule is COc1cccc(O)c1C(=O)NCC1(c2ccccc2)CCC(N=[N+]=[N-])CC1. The van der Waals surface area contributed by atoms with Crippen LogP contribution in [0.5, 0.6) is 11.5 Å². The average Bonchev–Trinajstić information content (AvgIpc) is 2.74. The van der Waals surface area contributed by atoms with E-state index in [1.807, 2.05) is 18.2 Å². The molecule has 1 saturated carbocycles. The molecule has 0 heterocycles. The summed E-state index contributed by atoms with van der Waals surface area (Å²) < 4.78 is 5.22. The van der Waals surface area contributed by atoms with Crippen molar-refractivity contribution >= 4 is 5.91 Å². The Kier molecular flexibility index (Phi) is 6.06. The Morgan fingerprint density at radius 2 is 1.96 bits per heavy atom. The maximum absolute atomic E-state index is 12.8. The minimum Gasteiger partial charge on any atom is -0.507 e. The summed E-state index contributed by atoms with van der Waals surface area (Å²) in [6.07, 6.45) is 3.15. The molecule has 28 heavy (non-hydrogen) atoms. The standard InChI is InChI=1S/C21H24N4O3/c1-28-18-9-5-8-17(26)19(18)20(27)23-14-21(15-6-3-2-4-7-15)12-10-16(11-13-21)24-25-22/h2-9,16,26H,10-14H2,1H3,(H,23,27). The summed E-state index contributed by atoms with van der Waals surface area (Å²) in [7, 11) is 1.47. The molecule has 0 saturated heterocycles. The number of aromatic hydroxyl groups is 1. The van der Waals surface area contributed by atoms with E-state index in [2.05, 4.69) is 27.5 Å². The van der Waals surface area contributed by atoms with E-state index in [-0.39, 0.29) is 28.7 Å². The molecule has 2 N–H and O–H groups in total. The molecular weight excluding hydrogens is 356 g/mol. The average molecular weight is 380 g/mol. The summed E-state index contributed by atoms with van der Waals surface area (Å²) in [4.78, 5) is 15.7. The first kappa shape index (κ1) is 19.6. The van der Waals surface area contributed by atoms with Gasteiger partial charge in [-0.2, -0.15) is 0 Å². The molecule has 0 spiro atoms. The highest BCUT2D eigenvalue weighted by atomic mass is 16.5. The van der Waals surface area contributed by atoms with Crippen LogP contribution in [-0.4, -0.2) is 30.7 Å². The van der Waals surface area contributed by atoms with Gasteiger partial charge in [0.1, 0.15) is 17.1 Å². The van der Waals surface area contributed by atoms with Crippen molar-refractivity contribution in [3.05, 3.63) is 70.1 Å². The molecule has 1 aliphatic carbocycles. The van der Waals surface area contributed by atoms with Crippen LogP contribution >= 0.6 is 0 Å². The zero-order valence-corrected chi connectivity index (χ0v) is 15.8. The maximum atomic E-state index is 12.8. The van der Waals surface area contributed by atoms with Gasteiger partial charge in [0.05, 0.1) is 7.11 Å². The molecule has 0 aliphatic heterocycles. The first-order chi connectivity index (χ1) is 13.6. The second-order valence-electron chi connectivity index (χ2n) is 7.12. The van der Waals surface area contributed by atoms with Gasteiger partial charge in [0.2, 0.25) is 0 Å². The number of hydrogen-bond donors (Lipinski definition) is 2. The number of ether oxygens (including phenoxy) is 1. The number of rotatable bonds is 6. The van der Waals surface area contributed by atoms with E-state index in [0.29, 0.717) is 12.3 Å². The molecule has 7 nitrogen and oxygen atoms in total. The molecule has 146 valence electrons. The highest BCUT2D eigenvalue weighted by Gasteiger charge is 2.37. The van der Waals surface area contributed by atoms with Gasteiger partial charge in [0, 0.05) is 22.9 Å². The number of amides is 1. The summed E-state index contributed by atoms with van der Waals surface area (Å²) in [5.41, 5.74) is 9.76. The highest BCUT2D eigenvalue weighted by molar-refractivity contribution is 5.99. The molecule has 0 radical (unpaired) electrons. The molecule has 3 rings (SSSR count). The topological polar surface area (TPSA) is 107 Å². The molecule has 1 aliphatic rings. The van der Waals surface area contributed by atoms with E-state index >= 15 is 0 Å². The minimum atomic E-state index is -0.373. The lowest BCUT2D eigenvalue weighted by Crippen LogP contribution is -2.44. The maximum Gasteiger partial charge on any atom is 0.258 e. The van der Waals surface area contributed by atoms with Crippen molar-refractivity contribution < 1.29 is 14.6 Å². The quantitative estimate of drug-likeness (QED) is 0.442. The molecule has 1 fully saturated rings. The van der Waals surface area contributed by atoms with E-state index in [9.17, 15) is 9.90 Å². The number of benzene rings is 2. The van der Waals surface area contributed by atoms with Crippen LogP contribution in [0.4, 0.5) is 0 Å². The van der Waals surface area contributed by atoms with Crippen LogP contribution in [0.3, 0.4) is 0 Å². The van der Waals surface area contributed by atoms with Crippen molar-refractivity contribution in [2.45, 2.75) is 37.1 Å². The van der Waals surface area contributed by atoms with Crippen molar-refractivity contribution in [3.8, 4) is 11.5 Å². The van der Waals surface area contributed by atoms with Gasteiger partial charge in [0.25, 0.3) is 5.91 Å². The van der Waals surface area contributed by atoms with Crippen LogP contribution in [0.15, 0.2) is 53.6 Å². The Morgan fingerprint density at radius 3 is 2.61 bits per heavy atom. The number of carbonyl (C=O) groups excluding carboxylic acids is 1. The van der Waals surface area contributed by atoms with Gasteiger partial charge in [0.15, 0.2) is 0 Å². The first-order valence-corrected chi connectivity index (χ1v) is 9.33. The largest absolute Gasteiger partial charge is 0.507 e. The number of azide groups is 1. The van der Waals surface area contributed by atoms with E-state index in [1.165, 1.54) is 13.2 Å². The van der Waals surface area contributed by atoms with Crippen molar-refractivity contribution in [2.75, 3.05) is 13.7 Å². The second kappa shape index (κ2) is 8.67. The van der Waals surface area contributed by atoms with Crippen molar-refractivity contribution in [3.63, 3.8) is 0 Å². The van der Waals surface area contributed by atoms with Gasteiger partial charge in [-0.3, -0.25) is 4.79 Å². The predicted octanol–water partition coefficient (Wildman–Crippen LogP) is 4.32. The van der Waals surface area contributed by atoms with Crippen LogP contribution in [0.1, 0.15) is 41.6 Å². The number of nitrogens with zero attached hydrogens (tertiary/aromatic N) is 3. The Labute approximate surface area is 164 Å². The number of phenols is 1. The lowest BCUT2D eigenvalue weighted by molar-refractivity contribution is 0.0929. The molecular formula is C21H24N4O3. The fourth-order valence-corrected chi connectivity index (χ4v) is 3.96. The first-order valence-electron chi connectivity index (χ1n) is 9.33. The van der Waals surface area contributed by atoms with Crippen LogP contribution in [-0.2, 0) is 5.41 Å². The van der Waals surface area contributed by atoms with Crippen molar-refractivity contribution in [1.29, 1.82) is 0 Å². The normalized spacial score (nSPS) is 21.4. The number of carbonyl (C=O) groups is 1. The van der Waals surface area contributed by atoms with Crippen LogP contribution < -0.4 is 10.1 Å². The van der Waals surface area contributed by atoms with Crippen molar-refractivity contribution in [1.82, 2.24) is 5.32 Å². The van der Waals surface area contributed by atoms with E-state index in [4.69, 9.17) is 10.3 Å². The van der Waals surface area contributed by atoms with Gasteiger partial charge in [-0.15, -0.1) is 0 Å². The Balaban J connectivity index is 1.82. The third-order valence-electron chi connectivity index (χ3n) is 5.55. The summed E-state index contributed by atoms with van der Waals surface area (Å²) in [6.45, 7) is 0.427. The Bertz CT molecular complexity index is 870. The fraction of sp³-hybridized carbons (Fsp3) is 0.381. The van der Waals surface area contributed by atoms with E-state index in [1.54, 1.807) is 12.1 Å². The molecule has 0 aromatic heterocycles. The second-order valence-corrected chi connectivity index (χ2v) is 7.12. The van der Waals surface area contributed by atoms with Crippen LogP contribution in [0, 0.1) is 0 Å². The van der Waals surface area contributed by atoms with Gasteiger partial charge in [-0.05, 0) is 48.9 Å². The monoisotopic (exact) mass is 380 g/mol. The third kappa shape index (κ3) is 4.05. The van der Waals surface area contributed by atoms with Gasteiger partial charge in [-0.1, -0.05) is 41.5 Å². The summed E-state index contributed by atoms with van der Waals surface area (Å²) in [6, 6.07) is 14.8. The number of phenolic OH excluding ortho intramolecular Hbond substituents is 1. The number of nitrogens with one attached hydrogen (secondary N) is 1. The molecule has 2 aromatic rings. The lowest BCUT2D eigenvalue weighted by atomic mass is 9.68. The summed E-state index contributed by atoms with van der Waals surface area (Å²) in [5, 5.41) is 17.0. The van der Waals surface area contributed by atoms with Gasteiger partial charge >= 0.3 is 0 Å². The van der Waals surface area contributed by atoms with E-state index in [0.717, 1.165) is 31.2 Å². The molecule has 0 atom stereocenters. The Hall–Kier alpha value is -3.18. The zero-order chi connectivity index (χ0) is 20.0. The minimum absolute atomic E-state index is 0.00389.